The van der Waals surface area contributed by atoms with Crippen LogP contribution >= 0.6 is 0 Å². The lowest BCUT2D eigenvalue weighted by molar-refractivity contribution is -0.128. The zero-order valence-electron chi connectivity index (χ0n) is 14.7. The predicted octanol–water partition coefficient (Wildman–Crippen LogP) is 2.31. The van der Waals surface area contributed by atoms with E-state index in [9.17, 15) is 9.59 Å². The van der Waals surface area contributed by atoms with Crippen molar-refractivity contribution in [3.63, 3.8) is 0 Å². The Morgan fingerprint density at radius 3 is 2.72 bits per heavy atom. The van der Waals surface area contributed by atoms with Crippen LogP contribution in [0.4, 0.5) is 5.82 Å². The third-order valence-electron chi connectivity index (χ3n) is 4.99. The monoisotopic (exact) mass is 346 g/mol. The first-order valence-electron chi connectivity index (χ1n) is 9.10. The zero-order chi connectivity index (χ0) is 17.8. The summed E-state index contributed by atoms with van der Waals surface area (Å²) in [6.45, 7) is 3.44. The van der Waals surface area contributed by atoms with Gasteiger partial charge in [0.1, 0.15) is 11.4 Å². The zero-order valence-corrected chi connectivity index (χ0v) is 14.7. The van der Waals surface area contributed by atoms with Crippen molar-refractivity contribution in [2.24, 2.45) is 0 Å². The number of carbonyl (C=O) groups excluding carboxylic acids is 2. The summed E-state index contributed by atoms with van der Waals surface area (Å²) < 4.78 is 6.70. The van der Waals surface area contributed by atoms with Gasteiger partial charge < -0.3 is 15.4 Å². The van der Waals surface area contributed by atoms with Gasteiger partial charge in [0.2, 0.25) is 5.91 Å². The Labute approximate surface area is 147 Å². The van der Waals surface area contributed by atoms with Crippen LogP contribution in [0.25, 0.3) is 0 Å². The van der Waals surface area contributed by atoms with Gasteiger partial charge in [-0.2, -0.15) is 5.10 Å². The number of ether oxygens (including phenoxy) is 1. The van der Waals surface area contributed by atoms with Gasteiger partial charge in [0.15, 0.2) is 0 Å². The molecule has 0 aromatic carbocycles. The molecule has 0 unspecified atom stereocenters. The number of nitrogens with zero attached hydrogens (tertiary/aromatic N) is 3. The van der Waals surface area contributed by atoms with Crippen molar-refractivity contribution in [3.05, 3.63) is 23.4 Å². The van der Waals surface area contributed by atoms with Gasteiger partial charge in [-0.25, -0.2) is 9.48 Å². The quantitative estimate of drug-likeness (QED) is 0.845. The molecular formula is C18H26N4O3. The van der Waals surface area contributed by atoms with Gasteiger partial charge in [0, 0.05) is 18.7 Å². The lowest BCUT2D eigenvalue weighted by Crippen LogP contribution is -2.40. The molecule has 1 aliphatic carbocycles. The minimum atomic E-state index is -0.442. The van der Waals surface area contributed by atoms with Gasteiger partial charge in [-0.3, -0.25) is 4.79 Å². The lowest BCUT2D eigenvalue weighted by Gasteiger charge is -2.33. The van der Waals surface area contributed by atoms with Crippen molar-refractivity contribution < 1.29 is 14.3 Å². The summed E-state index contributed by atoms with van der Waals surface area (Å²) in [6, 6.07) is 0.104. The molecule has 25 heavy (non-hydrogen) atoms. The Bertz CT molecular complexity index is 672. The Kier molecular flexibility index (Phi) is 5.40. The molecule has 0 spiro atoms. The SMILES string of the molecule is CCOC(=O)c1cnn(C2CCN(C(=O)C3=CCCCC3)CC2)c1N. The molecule has 1 saturated heterocycles. The molecule has 0 radical (unpaired) electrons. The molecule has 1 amide bonds. The number of aromatic nitrogens is 2. The maximum Gasteiger partial charge on any atom is 0.343 e. The number of carbonyl (C=O) groups is 2. The van der Waals surface area contributed by atoms with E-state index in [1.807, 2.05) is 4.90 Å². The van der Waals surface area contributed by atoms with Gasteiger partial charge in [-0.1, -0.05) is 6.08 Å². The Hall–Kier alpha value is -2.31. The average Bonchev–Trinajstić information content (AvgIpc) is 3.04. The predicted molar refractivity (Wildman–Crippen MR) is 94.0 cm³/mol. The van der Waals surface area contributed by atoms with E-state index in [1.165, 1.54) is 12.6 Å². The Morgan fingerprint density at radius 2 is 2.08 bits per heavy atom. The number of hydrogen-bond donors (Lipinski definition) is 1. The van der Waals surface area contributed by atoms with Gasteiger partial charge in [-0.05, 0) is 45.4 Å². The molecule has 1 aliphatic heterocycles. The lowest BCUT2D eigenvalue weighted by atomic mass is 9.97. The fraction of sp³-hybridized carbons (Fsp3) is 0.611. The number of allylic oxidation sites excluding steroid dienone is 1. The number of anilines is 1. The van der Waals surface area contributed by atoms with Crippen LogP contribution in [0.15, 0.2) is 17.8 Å². The Balaban J connectivity index is 1.62. The summed E-state index contributed by atoms with van der Waals surface area (Å²) >= 11 is 0. The van der Waals surface area contributed by atoms with E-state index in [1.54, 1.807) is 11.6 Å². The van der Waals surface area contributed by atoms with E-state index >= 15 is 0 Å². The molecule has 3 rings (SSSR count). The average molecular weight is 346 g/mol. The third kappa shape index (κ3) is 3.70. The minimum Gasteiger partial charge on any atom is -0.462 e. The van der Waals surface area contributed by atoms with Gasteiger partial charge in [0.25, 0.3) is 0 Å². The number of likely N-dealkylation sites (tertiary alicyclic amines) is 1. The van der Waals surface area contributed by atoms with E-state index in [4.69, 9.17) is 10.5 Å². The largest absolute Gasteiger partial charge is 0.462 e. The van der Waals surface area contributed by atoms with Crippen LogP contribution in [-0.4, -0.2) is 46.3 Å². The van der Waals surface area contributed by atoms with Crippen LogP contribution in [0, 0.1) is 0 Å². The van der Waals surface area contributed by atoms with Crippen LogP contribution in [0.1, 0.15) is 61.8 Å². The number of nitrogen functional groups attached to an aromatic ring is 1. The van der Waals surface area contributed by atoms with Crippen molar-refractivity contribution in [2.45, 2.75) is 51.5 Å². The molecule has 2 aliphatic rings. The molecular weight excluding hydrogens is 320 g/mol. The van der Waals surface area contributed by atoms with Crippen LogP contribution < -0.4 is 5.73 Å². The second-order valence-corrected chi connectivity index (χ2v) is 6.61. The van der Waals surface area contributed by atoms with Crippen molar-refractivity contribution >= 4 is 17.7 Å². The van der Waals surface area contributed by atoms with E-state index in [-0.39, 0.29) is 11.9 Å². The number of esters is 1. The Morgan fingerprint density at radius 1 is 1.32 bits per heavy atom. The highest BCUT2D eigenvalue weighted by molar-refractivity contribution is 5.94. The first-order valence-corrected chi connectivity index (χ1v) is 9.10. The molecule has 1 aromatic heterocycles. The van der Waals surface area contributed by atoms with Crippen molar-refractivity contribution in [3.8, 4) is 0 Å². The van der Waals surface area contributed by atoms with E-state index < -0.39 is 5.97 Å². The summed E-state index contributed by atoms with van der Waals surface area (Å²) in [6.07, 6.45) is 9.33. The van der Waals surface area contributed by atoms with Crippen LogP contribution in [0.2, 0.25) is 0 Å². The van der Waals surface area contributed by atoms with Crippen molar-refractivity contribution in [2.75, 3.05) is 25.4 Å². The van der Waals surface area contributed by atoms with Crippen molar-refractivity contribution in [1.29, 1.82) is 0 Å². The number of hydrogen-bond acceptors (Lipinski definition) is 5. The van der Waals surface area contributed by atoms with Gasteiger partial charge in [-0.15, -0.1) is 0 Å². The highest BCUT2D eigenvalue weighted by Crippen LogP contribution is 2.28. The maximum atomic E-state index is 12.6. The number of amides is 1. The summed E-state index contributed by atoms with van der Waals surface area (Å²) in [5.74, 6) is 0.0834. The van der Waals surface area contributed by atoms with Crippen molar-refractivity contribution in [1.82, 2.24) is 14.7 Å². The highest BCUT2D eigenvalue weighted by atomic mass is 16.5. The molecule has 1 aromatic rings. The minimum absolute atomic E-state index is 0.104. The number of piperidine rings is 1. The molecule has 1 fully saturated rings. The fourth-order valence-corrected chi connectivity index (χ4v) is 3.58. The standard InChI is InChI=1S/C18H26N4O3/c1-2-25-18(24)15-12-20-22(16(15)19)14-8-10-21(11-9-14)17(23)13-6-4-3-5-7-13/h6,12,14H,2-5,7-11,19H2,1H3. The highest BCUT2D eigenvalue weighted by Gasteiger charge is 2.28. The molecule has 0 bridgehead atoms. The third-order valence-corrected chi connectivity index (χ3v) is 4.99. The summed E-state index contributed by atoms with van der Waals surface area (Å²) in [4.78, 5) is 26.4. The normalized spacial score (nSPS) is 18.8. The second-order valence-electron chi connectivity index (χ2n) is 6.61. The summed E-state index contributed by atoms with van der Waals surface area (Å²) in [7, 11) is 0. The maximum absolute atomic E-state index is 12.6. The number of rotatable bonds is 4. The molecule has 136 valence electrons. The fourth-order valence-electron chi connectivity index (χ4n) is 3.58. The first-order chi connectivity index (χ1) is 12.1. The smallest absolute Gasteiger partial charge is 0.343 e. The first kappa shape index (κ1) is 17.5. The topological polar surface area (TPSA) is 90.5 Å². The molecule has 2 N–H and O–H groups in total. The molecule has 0 atom stereocenters. The summed E-state index contributed by atoms with van der Waals surface area (Å²) in [5.41, 5.74) is 7.37. The van der Waals surface area contributed by atoms with E-state index in [2.05, 4.69) is 11.2 Å². The van der Waals surface area contributed by atoms with Crippen LogP contribution in [0.5, 0.6) is 0 Å². The molecule has 0 saturated carbocycles. The van der Waals surface area contributed by atoms with Gasteiger partial charge >= 0.3 is 5.97 Å². The summed E-state index contributed by atoms with van der Waals surface area (Å²) in [5, 5.41) is 4.28. The van der Waals surface area contributed by atoms with Crippen LogP contribution in [0.3, 0.4) is 0 Å². The van der Waals surface area contributed by atoms with Crippen LogP contribution in [-0.2, 0) is 9.53 Å². The molecule has 7 heteroatoms. The number of nitrogens with two attached hydrogens (primary N) is 1. The van der Waals surface area contributed by atoms with Gasteiger partial charge in [0.05, 0.1) is 18.8 Å². The second kappa shape index (κ2) is 7.72. The van der Waals surface area contributed by atoms with E-state index in [0.29, 0.717) is 31.1 Å². The molecule has 2 heterocycles. The molecule has 7 nitrogen and oxygen atoms in total. The van der Waals surface area contributed by atoms with E-state index in [0.717, 1.165) is 37.7 Å².